The summed E-state index contributed by atoms with van der Waals surface area (Å²) in [5.41, 5.74) is -0.0125. The van der Waals surface area contributed by atoms with E-state index in [0.717, 1.165) is 24.5 Å². The van der Waals surface area contributed by atoms with Crippen LogP contribution in [-0.4, -0.2) is 34.7 Å². The third-order valence-corrected chi connectivity index (χ3v) is 5.42. The molecule has 1 aliphatic heterocycles. The van der Waals surface area contributed by atoms with Gasteiger partial charge in [-0.3, -0.25) is 0 Å². The van der Waals surface area contributed by atoms with Gasteiger partial charge in [-0.2, -0.15) is 18.2 Å². The highest BCUT2D eigenvalue weighted by Gasteiger charge is 2.34. The molecule has 0 unspecified atom stereocenters. The van der Waals surface area contributed by atoms with Crippen LogP contribution in [0.2, 0.25) is 0 Å². The SMILES string of the molecule is CC1CCN(c2cc(C(F)(F)F)nc(NC(=S)NCCCc3ccc(F)cc3)n2)CC1. The molecule has 2 aromatic rings. The molecule has 0 spiro atoms. The Bertz CT molecular complexity index is 880. The number of piperidine rings is 1. The molecule has 1 aromatic heterocycles. The molecular formula is C21H25F4N5S. The number of nitrogens with one attached hydrogen (secondary N) is 2. The minimum absolute atomic E-state index is 0.150. The van der Waals surface area contributed by atoms with Gasteiger partial charge in [0, 0.05) is 25.7 Å². The zero-order valence-electron chi connectivity index (χ0n) is 17.2. The van der Waals surface area contributed by atoms with Gasteiger partial charge in [0.1, 0.15) is 11.6 Å². The summed E-state index contributed by atoms with van der Waals surface area (Å²) in [6.45, 7) is 3.94. The van der Waals surface area contributed by atoms with Crippen molar-refractivity contribution in [3.05, 3.63) is 47.4 Å². The van der Waals surface area contributed by atoms with Crippen molar-refractivity contribution in [3.63, 3.8) is 0 Å². The number of alkyl halides is 3. The monoisotopic (exact) mass is 455 g/mol. The van der Waals surface area contributed by atoms with Crippen LogP contribution in [0.3, 0.4) is 0 Å². The molecule has 5 nitrogen and oxygen atoms in total. The molecule has 0 radical (unpaired) electrons. The molecule has 0 atom stereocenters. The first-order valence-corrected chi connectivity index (χ1v) is 10.6. The fourth-order valence-electron chi connectivity index (χ4n) is 3.33. The molecule has 10 heteroatoms. The zero-order valence-corrected chi connectivity index (χ0v) is 18.0. The maximum Gasteiger partial charge on any atom is 0.433 e. The van der Waals surface area contributed by atoms with Gasteiger partial charge in [-0.15, -0.1) is 0 Å². The van der Waals surface area contributed by atoms with E-state index in [4.69, 9.17) is 12.2 Å². The highest BCUT2D eigenvalue weighted by molar-refractivity contribution is 7.80. The van der Waals surface area contributed by atoms with E-state index in [2.05, 4.69) is 27.5 Å². The number of anilines is 2. The number of aryl methyl sites for hydroxylation is 1. The molecular weight excluding hydrogens is 430 g/mol. The van der Waals surface area contributed by atoms with Crippen LogP contribution in [0.25, 0.3) is 0 Å². The van der Waals surface area contributed by atoms with Crippen LogP contribution in [0.1, 0.15) is 37.4 Å². The number of thiocarbonyl (C=S) groups is 1. The van der Waals surface area contributed by atoms with E-state index in [1.807, 2.05) is 4.90 Å². The van der Waals surface area contributed by atoms with Crippen molar-refractivity contribution in [2.45, 2.75) is 38.8 Å². The highest BCUT2D eigenvalue weighted by atomic mass is 32.1. The Kier molecular flexibility index (Phi) is 7.64. The summed E-state index contributed by atoms with van der Waals surface area (Å²) in [6, 6.07) is 7.22. The van der Waals surface area contributed by atoms with Crippen LogP contribution in [0, 0.1) is 11.7 Å². The summed E-state index contributed by atoms with van der Waals surface area (Å²) in [5, 5.41) is 5.77. The molecule has 2 N–H and O–H groups in total. The predicted molar refractivity (Wildman–Crippen MR) is 117 cm³/mol. The van der Waals surface area contributed by atoms with Gasteiger partial charge >= 0.3 is 6.18 Å². The second-order valence-corrected chi connectivity index (χ2v) is 8.12. The quantitative estimate of drug-likeness (QED) is 0.371. The Hall–Kier alpha value is -2.49. The van der Waals surface area contributed by atoms with E-state index < -0.39 is 11.9 Å². The van der Waals surface area contributed by atoms with Gasteiger partial charge in [0.15, 0.2) is 10.8 Å². The van der Waals surface area contributed by atoms with Crippen molar-refractivity contribution >= 4 is 29.1 Å². The minimum Gasteiger partial charge on any atom is -0.362 e. The van der Waals surface area contributed by atoms with Gasteiger partial charge < -0.3 is 15.5 Å². The summed E-state index contributed by atoms with van der Waals surface area (Å²) in [7, 11) is 0. The third kappa shape index (κ3) is 7.02. The van der Waals surface area contributed by atoms with Gasteiger partial charge in [-0.05, 0) is 61.5 Å². The van der Waals surface area contributed by atoms with Crippen LogP contribution in [0.15, 0.2) is 30.3 Å². The summed E-state index contributed by atoms with van der Waals surface area (Å²) < 4.78 is 53.0. The number of rotatable bonds is 6. The number of hydrogen-bond donors (Lipinski definition) is 2. The maximum atomic E-state index is 13.3. The molecule has 0 saturated carbocycles. The summed E-state index contributed by atoms with van der Waals surface area (Å²) >= 11 is 5.19. The van der Waals surface area contributed by atoms with E-state index in [9.17, 15) is 17.6 Å². The molecule has 1 saturated heterocycles. The van der Waals surface area contributed by atoms with Gasteiger partial charge in [0.05, 0.1) is 0 Å². The standard InChI is InChI=1S/C21H25F4N5S/c1-14-8-11-30(12-9-14)18-13-17(21(23,24)25)27-19(28-18)29-20(31)26-10-2-3-15-4-6-16(22)7-5-15/h4-7,13-14H,2-3,8-12H2,1H3,(H2,26,27,28,29,31). The Balaban J connectivity index is 1.59. The Morgan fingerprint density at radius 2 is 1.84 bits per heavy atom. The maximum absolute atomic E-state index is 13.3. The van der Waals surface area contributed by atoms with E-state index in [0.29, 0.717) is 38.4 Å². The molecule has 0 aliphatic carbocycles. The van der Waals surface area contributed by atoms with E-state index >= 15 is 0 Å². The average molecular weight is 456 g/mol. The number of halogens is 4. The predicted octanol–water partition coefficient (Wildman–Crippen LogP) is 4.79. The molecule has 168 valence electrons. The van der Waals surface area contributed by atoms with Crippen LogP contribution < -0.4 is 15.5 Å². The summed E-state index contributed by atoms with van der Waals surface area (Å²) in [4.78, 5) is 9.71. The molecule has 1 aliphatic rings. The number of nitrogens with zero attached hydrogens (tertiary/aromatic N) is 3. The zero-order chi connectivity index (χ0) is 22.4. The van der Waals surface area contributed by atoms with Crippen molar-refractivity contribution in [2.75, 3.05) is 29.9 Å². The summed E-state index contributed by atoms with van der Waals surface area (Å²) in [6.07, 6.45) is -1.34. The molecule has 2 heterocycles. The summed E-state index contributed by atoms with van der Waals surface area (Å²) in [5.74, 6) is 0.326. The average Bonchev–Trinajstić information content (AvgIpc) is 2.72. The third-order valence-electron chi connectivity index (χ3n) is 5.18. The molecule has 3 rings (SSSR count). The second kappa shape index (κ2) is 10.2. The Morgan fingerprint density at radius 3 is 2.48 bits per heavy atom. The van der Waals surface area contributed by atoms with Gasteiger partial charge in [0.25, 0.3) is 0 Å². The van der Waals surface area contributed by atoms with E-state index in [-0.39, 0.29) is 22.7 Å². The fraction of sp³-hybridized carbons (Fsp3) is 0.476. The smallest absolute Gasteiger partial charge is 0.362 e. The minimum atomic E-state index is -4.58. The van der Waals surface area contributed by atoms with Crippen molar-refractivity contribution in [1.82, 2.24) is 15.3 Å². The fourth-order valence-corrected chi connectivity index (χ4v) is 3.52. The first-order valence-electron chi connectivity index (χ1n) is 10.2. The molecule has 0 bridgehead atoms. The molecule has 0 amide bonds. The molecule has 31 heavy (non-hydrogen) atoms. The normalized spacial score (nSPS) is 15.1. The van der Waals surface area contributed by atoms with Gasteiger partial charge in [0.2, 0.25) is 5.95 Å². The van der Waals surface area contributed by atoms with Crippen molar-refractivity contribution in [1.29, 1.82) is 0 Å². The van der Waals surface area contributed by atoms with Gasteiger partial charge in [-0.1, -0.05) is 19.1 Å². The van der Waals surface area contributed by atoms with Crippen LogP contribution in [0.5, 0.6) is 0 Å². The first kappa shape index (κ1) is 23.2. The topological polar surface area (TPSA) is 53.1 Å². The Morgan fingerprint density at radius 1 is 1.16 bits per heavy atom. The van der Waals surface area contributed by atoms with E-state index in [1.165, 1.54) is 12.1 Å². The number of aromatic nitrogens is 2. The first-order chi connectivity index (χ1) is 14.7. The lowest BCUT2D eigenvalue weighted by Gasteiger charge is -2.31. The van der Waals surface area contributed by atoms with Crippen molar-refractivity contribution in [3.8, 4) is 0 Å². The number of benzene rings is 1. The van der Waals surface area contributed by atoms with E-state index in [1.54, 1.807) is 12.1 Å². The number of hydrogen-bond acceptors (Lipinski definition) is 4. The second-order valence-electron chi connectivity index (χ2n) is 7.71. The highest BCUT2D eigenvalue weighted by Crippen LogP contribution is 2.31. The van der Waals surface area contributed by atoms with Crippen LogP contribution >= 0.6 is 12.2 Å². The van der Waals surface area contributed by atoms with Crippen LogP contribution in [-0.2, 0) is 12.6 Å². The lowest BCUT2D eigenvalue weighted by Crippen LogP contribution is -2.34. The Labute approximate surface area is 184 Å². The largest absolute Gasteiger partial charge is 0.433 e. The van der Waals surface area contributed by atoms with Gasteiger partial charge in [-0.25, -0.2) is 9.37 Å². The molecule has 1 fully saturated rings. The van der Waals surface area contributed by atoms with Crippen molar-refractivity contribution < 1.29 is 17.6 Å². The molecule has 1 aromatic carbocycles. The lowest BCUT2D eigenvalue weighted by atomic mass is 9.99. The van der Waals surface area contributed by atoms with Crippen LogP contribution in [0.4, 0.5) is 29.3 Å². The lowest BCUT2D eigenvalue weighted by molar-refractivity contribution is -0.141. The van der Waals surface area contributed by atoms with Crippen molar-refractivity contribution in [2.24, 2.45) is 5.92 Å².